The number of halogens is 3. The number of benzene rings is 2. The number of carbonyl (C=O) groups is 2. The summed E-state index contributed by atoms with van der Waals surface area (Å²) < 4.78 is 5.01. The summed E-state index contributed by atoms with van der Waals surface area (Å²) in [5.74, 6) is -1.35. The minimum absolute atomic E-state index is 0.0149. The molecule has 0 aliphatic carbocycles. The molecule has 23 heavy (non-hydrogen) atoms. The zero-order valence-electron chi connectivity index (χ0n) is 11.7. The van der Waals surface area contributed by atoms with Gasteiger partial charge in [-0.3, -0.25) is 4.79 Å². The highest BCUT2D eigenvalue weighted by molar-refractivity contribution is 6.38. The van der Waals surface area contributed by atoms with Gasteiger partial charge in [0.15, 0.2) is 5.75 Å². The molecule has 5 nitrogen and oxygen atoms in total. The number of hydrogen-bond acceptors (Lipinski definition) is 3. The molecule has 2 aromatic carbocycles. The van der Waals surface area contributed by atoms with Crippen LogP contribution in [0.5, 0.6) is 5.75 Å². The predicted octanol–water partition coefficient (Wildman–Crippen LogP) is 4.61. The Kier molecular flexibility index (Phi) is 5.36. The topological polar surface area (TPSA) is 75.6 Å². The molecular weight excluding hydrogens is 365 g/mol. The number of carboxylic acid groups (broad SMARTS) is 1. The molecule has 0 saturated carbocycles. The third kappa shape index (κ3) is 3.88. The molecule has 0 bridgehead atoms. The molecule has 0 spiro atoms. The number of hydrogen-bond donors (Lipinski definition) is 2. The van der Waals surface area contributed by atoms with E-state index in [9.17, 15) is 9.59 Å². The average molecular weight is 375 g/mol. The van der Waals surface area contributed by atoms with E-state index in [1.54, 1.807) is 0 Å². The number of methoxy groups -OCH3 is 1. The molecule has 0 unspecified atom stereocenters. The van der Waals surface area contributed by atoms with Crippen molar-refractivity contribution < 1.29 is 19.4 Å². The van der Waals surface area contributed by atoms with E-state index in [-0.39, 0.29) is 31.9 Å². The van der Waals surface area contributed by atoms with E-state index in [1.807, 2.05) is 0 Å². The van der Waals surface area contributed by atoms with Crippen LogP contribution in [0.25, 0.3) is 0 Å². The average Bonchev–Trinajstić information content (AvgIpc) is 2.46. The van der Waals surface area contributed by atoms with Crippen LogP contribution in [0.4, 0.5) is 5.69 Å². The number of aromatic carboxylic acids is 1. The summed E-state index contributed by atoms with van der Waals surface area (Å²) >= 11 is 17.8. The molecule has 0 aliphatic rings. The third-order valence-electron chi connectivity index (χ3n) is 2.92. The normalized spacial score (nSPS) is 10.3. The molecule has 0 saturated heterocycles. The highest BCUT2D eigenvalue weighted by Gasteiger charge is 2.15. The lowest BCUT2D eigenvalue weighted by atomic mass is 10.1. The van der Waals surface area contributed by atoms with E-state index < -0.39 is 11.9 Å². The van der Waals surface area contributed by atoms with Gasteiger partial charge in [0, 0.05) is 11.3 Å². The molecule has 0 fully saturated rings. The van der Waals surface area contributed by atoms with Crippen LogP contribution in [-0.4, -0.2) is 24.1 Å². The van der Waals surface area contributed by atoms with Crippen LogP contribution in [0.15, 0.2) is 30.3 Å². The number of rotatable bonds is 4. The second-order valence-corrected chi connectivity index (χ2v) is 5.65. The maximum Gasteiger partial charge on any atom is 0.337 e. The summed E-state index contributed by atoms with van der Waals surface area (Å²) in [6.45, 7) is 0. The van der Waals surface area contributed by atoms with Crippen molar-refractivity contribution in [3.05, 3.63) is 56.5 Å². The molecule has 1 amide bonds. The van der Waals surface area contributed by atoms with E-state index in [1.165, 1.54) is 37.4 Å². The van der Waals surface area contributed by atoms with E-state index in [4.69, 9.17) is 44.6 Å². The minimum Gasteiger partial charge on any atom is -0.494 e. The zero-order valence-corrected chi connectivity index (χ0v) is 14.0. The zero-order chi connectivity index (χ0) is 17.1. The van der Waals surface area contributed by atoms with Crippen molar-refractivity contribution in [2.45, 2.75) is 0 Å². The van der Waals surface area contributed by atoms with Gasteiger partial charge in [0.2, 0.25) is 0 Å². The third-order valence-corrected chi connectivity index (χ3v) is 3.80. The van der Waals surface area contributed by atoms with Gasteiger partial charge in [-0.05, 0) is 30.3 Å². The lowest BCUT2D eigenvalue weighted by Crippen LogP contribution is -2.12. The van der Waals surface area contributed by atoms with E-state index in [2.05, 4.69) is 5.32 Å². The fourth-order valence-electron chi connectivity index (χ4n) is 1.86. The number of ether oxygens (including phenoxy) is 1. The van der Waals surface area contributed by atoms with Crippen LogP contribution in [0.2, 0.25) is 15.1 Å². The maximum atomic E-state index is 12.2. The molecule has 8 heteroatoms. The molecular formula is C15H10Cl3NO4. The highest BCUT2D eigenvalue weighted by atomic mass is 35.5. The van der Waals surface area contributed by atoms with Crippen molar-refractivity contribution >= 4 is 52.4 Å². The number of carbonyl (C=O) groups excluding carboxylic acids is 1. The Hall–Kier alpha value is -1.95. The second kappa shape index (κ2) is 7.08. The van der Waals surface area contributed by atoms with E-state index in [0.29, 0.717) is 5.69 Å². The van der Waals surface area contributed by atoms with Crippen LogP contribution in [0.3, 0.4) is 0 Å². The first-order chi connectivity index (χ1) is 10.8. The van der Waals surface area contributed by atoms with Gasteiger partial charge in [0.05, 0.1) is 27.7 Å². The molecule has 0 aliphatic heterocycles. The molecule has 120 valence electrons. The van der Waals surface area contributed by atoms with Crippen molar-refractivity contribution in [1.29, 1.82) is 0 Å². The lowest BCUT2D eigenvalue weighted by Gasteiger charge is -2.10. The van der Waals surface area contributed by atoms with Gasteiger partial charge >= 0.3 is 5.97 Å². The SMILES string of the molecule is COc1c(Cl)cc(C(=O)Nc2ccc(C(=O)O)c(Cl)c2)cc1Cl. The second-order valence-electron chi connectivity index (χ2n) is 4.43. The first kappa shape index (κ1) is 17.4. The summed E-state index contributed by atoms with van der Waals surface area (Å²) in [4.78, 5) is 23.1. The predicted molar refractivity (Wildman–Crippen MR) is 89.4 cm³/mol. The summed E-state index contributed by atoms with van der Waals surface area (Å²) in [7, 11) is 1.42. The number of amides is 1. The summed E-state index contributed by atoms with van der Waals surface area (Å²) in [5.41, 5.74) is 0.507. The minimum atomic E-state index is -1.15. The largest absolute Gasteiger partial charge is 0.494 e. The number of carboxylic acids is 1. The van der Waals surface area contributed by atoms with Crippen LogP contribution in [-0.2, 0) is 0 Å². The van der Waals surface area contributed by atoms with E-state index >= 15 is 0 Å². The summed E-state index contributed by atoms with van der Waals surface area (Å²) in [6.07, 6.45) is 0. The number of anilines is 1. The van der Waals surface area contributed by atoms with Crippen LogP contribution < -0.4 is 10.1 Å². The fraction of sp³-hybridized carbons (Fsp3) is 0.0667. The van der Waals surface area contributed by atoms with E-state index in [0.717, 1.165) is 0 Å². The fourth-order valence-corrected chi connectivity index (χ4v) is 2.76. The summed E-state index contributed by atoms with van der Waals surface area (Å²) in [6, 6.07) is 6.90. The molecule has 0 radical (unpaired) electrons. The lowest BCUT2D eigenvalue weighted by molar-refractivity contribution is 0.0697. The first-order valence-corrected chi connectivity index (χ1v) is 7.34. The quantitative estimate of drug-likeness (QED) is 0.819. The summed E-state index contributed by atoms with van der Waals surface area (Å²) in [5, 5.41) is 11.9. The van der Waals surface area contributed by atoms with Crippen LogP contribution in [0.1, 0.15) is 20.7 Å². The Bertz CT molecular complexity index is 769. The van der Waals surface area contributed by atoms with Crippen molar-refractivity contribution in [3.63, 3.8) is 0 Å². The van der Waals surface area contributed by atoms with Crippen molar-refractivity contribution in [3.8, 4) is 5.75 Å². The molecule has 0 atom stereocenters. The van der Waals surface area contributed by atoms with Gasteiger partial charge in [-0.2, -0.15) is 0 Å². The van der Waals surface area contributed by atoms with Gasteiger partial charge in [-0.1, -0.05) is 34.8 Å². The Morgan fingerprint density at radius 2 is 1.65 bits per heavy atom. The van der Waals surface area contributed by atoms with Crippen molar-refractivity contribution in [2.24, 2.45) is 0 Å². The highest BCUT2D eigenvalue weighted by Crippen LogP contribution is 2.34. The monoisotopic (exact) mass is 373 g/mol. The standard InChI is InChI=1S/C15H10Cl3NO4/c1-23-13-11(17)4-7(5-12(13)18)14(20)19-8-2-3-9(15(21)22)10(16)6-8/h2-6H,1H3,(H,19,20)(H,21,22). The van der Waals surface area contributed by atoms with Gasteiger partial charge in [-0.25, -0.2) is 4.79 Å². The van der Waals surface area contributed by atoms with Gasteiger partial charge < -0.3 is 15.2 Å². The number of nitrogens with one attached hydrogen (secondary N) is 1. The van der Waals surface area contributed by atoms with Gasteiger partial charge in [-0.15, -0.1) is 0 Å². The van der Waals surface area contributed by atoms with Crippen LogP contribution in [0, 0.1) is 0 Å². The molecule has 2 N–H and O–H groups in total. The molecule has 2 rings (SSSR count). The Morgan fingerprint density at radius 1 is 1.04 bits per heavy atom. The molecule has 2 aromatic rings. The molecule has 0 heterocycles. The Balaban J connectivity index is 2.26. The van der Waals surface area contributed by atoms with Crippen molar-refractivity contribution in [1.82, 2.24) is 0 Å². The Morgan fingerprint density at radius 3 is 2.13 bits per heavy atom. The van der Waals surface area contributed by atoms with Crippen molar-refractivity contribution in [2.75, 3.05) is 12.4 Å². The van der Waals surface area contributed by atoms with Gasteiger partial charge in [0.1, 0.15) is 0 Å². The molecule has 0 aromatic heterocycles. The smallest absolute Gasteiger partial charge is 0.337 e. The maximum absolute atomic E-state index is 12.2. The Labute approximate surface area is 146 Å². The van der Waals surface area contributed by atoms with Crippen LogP contribution >= 0.6 is 34.8 Å². The first-order valence-electron chi connectivity index (χ1n) is 6.20. The van der Waals surface area contributed by atoms with Gasteiger partial charge in [0.25, 0.3) is 5.91 Å².